The van der Waals surface area contributed by atoms with Gasteiger partial charge in [-0.25, -0.2) is 14.8 Å². The molecule has 0 spiro atoms. The molecule has 0 unspecified atom stereocenters. The number of aromatic nitrogens is 6. The lowest BCUT2D eigenvalue weighted by molar-refractivity contribution is 0.0683. The first-order valence-corrected chi connectivity index (χ1v) is 14.2. The molecule has 1 fully saturated rings. The van der Waals surface area contributed by atoms with Crippen molar-refractivity contribution in [2.24, 2.45) is 0 Å². The number of carboxylic acids is 1. The van der Waals surface area contributed by atoms with E-state index in [0.29, 0.717) is 30.6 Å². The molecule has 0 saturated carbocycles. The second-order valence-corrected chi connectivity index (χ2v) is 10.8. The van der Waals surface area contributed by atoms with E-state index in [1.165, 1.54) is 0 Å². The van der Waals surface area contributed by atoms with Gasteiger partial charge in [-0.15, -0.1) is 9.94 Å². The first-order valence-electron chi connectivity index (χ1n) is 13.8. The predicted octanol–water partition coefficient (Wildman–Crippen LogP) is 4.86. The topological polar surface area (TPSA) is 103 Å². The predicted molar refractivity (Wildman–Crippen MR) is 155 cm³/mol. The highest BCUT2D eigenvalue weighted by atomic mass is 35.5. The third-order valence-corrected chi connectivity index (χ3v) is 8.02. The SMILES string of the molecule is CCn1cncc1Cn1c(CN2CCC(c3ccn(OCc4ccc(Cl)cc4)n3)CC2)nc2ccc(C(=O)O)cc21. The molecule has 0 aliphatic carbocycles. The lowest BCUT2D eigenvalue weighted by atomic mass is 9.94. The summed E-state index contributed by atoms with van der Waals surface area (Å²) < 4.78 is 4.23. The van der Waals surface area contributed by atoms with Gasteiger partial charge >= 0.3 is 5.97 Å². The maximum Gasteiger partial charge on any atom is 0.335 e. The number of piperidine rings is 1. The van der Waals surface area contributed by atoms with E-state index in [1.807, 2.05) is 49.1 Å². The zero-order chi connectivity index (χ0) is 28.3. The maximum absolute atomic E-state index is 11.7. The molecular formula is C30H32ClN7O3. The second kappa shape index (κ2) is 11.8. The molecule has 1 saturated heterocycles. The highest BCUT2D eigenvalue weighted by Gasteiger charge is 2.25. The van der Waals surface area contributed by atoms with Crippen molar-refractivity contribution in [3.63, 3.8) is 0 Å². The molecule has 1 aliphatic rings. The summed E-state index contributed by atoms with van der Waals surface area (Å²) >= 11 is 5.97. The summed E-state index contributed by atoms with van der Waals surface area (Å²) in [6, 6.07) is 14.8. The van der Waals surface area contributed by atoms with Crippen molar-refractivity contribution in [1.29, 1.82) is 0 Å². The fraction of sp³-hybridized carbons (Fsp3) is 0.333. The Morgan fingerprint density at radius 2 is 1.90 bits per heavy atom. The monoisotopic (exact) mass is 573 g/mol. The molecule has 41 heavy (non-hydrogen) atoms. The van der Waals surface area contributed by atoms with Gasteiger partial charge in [0.15, 0.2) is 0 Å². The average molecular weight is 574 g/mol. The van der Waals surface area contributed by atoms with E-state index in [1.54, 1.807) is 23.0 Å². The van der Waals surface area contributed by atoms with Crippen LogP contribution in [0, 0.1) is 0 Å². The van der Waals surface area contributed by atoms with Crippen LogP contribution in [0.15, 0.2) is 67.3 Å². The zero-order valence-electron chi connectivity index (χ0n) is 22.9. The van der Waals surface area contributed by atoms with E-state index in [-0.39, 0.29) is 5.56 Å². The fourth-order valence-corrected chi connectivity index (χ4v) is 5.57. The Bertz CT molecular complexity index is 1650. The van der Waals surface area contributed by atoms with Crippen LogP contribution in [0.2, 0.25) is 5.02 Å². The van der Waals surface area contributed by atoms with Crippen LogP contribution < -0.4 is 4.84 Å². The van der Waals surface area contributed by atoms with Gasteiger partial charge in [0.1, 0.15) is 12.4 Å². The van der Waals surface area contributed by atoms with Crippen LogP contribution in [0.25, 0.3) is 11.0 Å². The Balaban J connectivity index is 1.13. The number of hydrogen-bond donors (Lipinski definition) is 1. The number of carbonyl (C=O) groups is 1. The van der Waals surface area contributed by atoms with Gasteiger partial charge in [0.25, 0.3) is 0 Å². The number of nitrogens with zero attached hydrogens (tertiary/aromatic N) is 7. The molecule has 212 valence electrons. The van der Waals surface area contributed by atoms with Crippen LogP contribution in [-0.4, -0.2) is 58.1 Å². The number of likely N-dealkylation sites (tertiary alicyclic amines) is 1. The van der Waals surface area contributed by atoms with Crippen LogP contribution >= 0.6 is 11.6 Å². The van der Waals surface area contributed by atoms with Gasteiger partial charge in [0, 0.05) is 23.7 Å². The number of hydrogen-bond acceptors (Lipinski definition) is 6. The smallest absolute Gasteiger partial charge is 0.335 e. The molecule has 10 nitrogen and oxygen atoms in total. The number of aryl methyl sites for hydroxylation is 1. The van der Waals surface area contributed by atoms with Crippen molar-refractivity contribution in [3.8, 4) is 0 Å². The summed E-state index contributed by atoms with van der Waals surface area (Å²) in [6.07, 6.45) is 7.53. The Morgan fingerprint density at radius 1 is 1.10 bits per heavy atom. The van der Waals surface area contributed by atoms with Crippen LogP contribution in [0.1, 0.15) is 58.8 Å². The Labute approximate surface area is 242 Å². The van der Waals surface area contributed by atoms with Gasteiger partial charge in [-0.2, -0.15) is 0 Å². The van der Waals surface area contributed by atoms with Crippen molar-refractivity contribution in [2.45, 2.75) is 51.9 Å². The maximum atomic E-state index is 11.7. The van der Waals surface area contributed by atoms with Crippen LogP contribution in [0.4, 0.5) is 0 Å². The lowest BCUT2D eigenvalue weighted by Gasteiger charge is -2.31. The largest absolute Gasteiger partial charge is 0.478 e. The molecule has 0 bridgehead atoms. The number of halogens is 1. The normalized spacial score (nSPS) is 14.6. The van der Waals surface area contributed by atoms with Crippen molar-refractivity contribution in [2.75, 3.05) is 13.1 Å². The number of carboxylic acid groups (broad SMARTS) is 1. The number of aromatic carboxylic acids is 1. The number of fused-ring (bicyclic) bond motifs is 1. The fourth-order valence-electron chi connectivity index (χ4n) is 5.45. The minimum atomic E-state index is -0.945. The lowest BCUT2D eigenvalue weighted by Crippen LogP contribution is -2.33. The van der Waals surface area contributed by atoms with E-state index in [2.05, 4.69) is 31.0 Å². The van der Waals surface area contributed by atoms with Gasteiger partial charge in [-0.1, -0.05) is 23.7 Å². The van der Waals surface area contributed by atoms with Crippen molar-refractivity contribution >= 4 is 28.6 Å². The summed E-state index contributed by atoms with van der Waals surface area (Å²) in [5, 5.41) is 15.0. The molecule has 5 aromatic rings. The van der Waals surface area contributed by atoms with Crippen LogP contribution in [0.3, 0.4) is 0 Å². The molecule has 4 heterocycles. The highest BCUT2D eigenvalue weighted by molar-refractivity contribution is 6.30. The van der Waals surface area contributed by atoms with Crippen molar-refractivity contribution in [3.05, 3.63) is 101 Å². The molecule has 3 aromatic heterocycles. The molecule has 6 rings (SSSR count). The summed E-state index contributed by atoms with van der Waals surface area (Å²) in [7, 11) is 0. The van der Waals surface area contributed by atoms with Gasteiger partial charge in [-0.3, -0.25) is 4.90 Å². The second-order valence-electron chi connectivity index (χ2n) is 10.4. The molecule has 2 aromatic carbocycles. The van der Waals surface area contributed by atoms with E-state index in [4.69, 9.17) is 21.4 Å². The van der Waals surface area contributed by atoms with E-state index >= 15 is 0 Å². The first-order chi connectivity index (χ1) is 20.0. The summed E-state index contributed by atoms with van der Waals surface area (Å²) in [6.45, 7) is 6.41. The van der Waals surface area contributed by atoms with E-state index in [0.717, 1.165) is 66.3 Å². The Morgan fingerprint density at radius 3 is 2.66 bits per heavy atom. The van der Waals surface area contributed by atoms with Crippen molar-refractivity contribution in [1.82, 2.24) is 33.9 Å². The molecule has 0 amide bonds. The van der Waals surface area contributed by atoms with Gasteiger partial charge < -0.3 is 19.1 Å². The first kappa shape index (κ1) is 27.0. The standard InChI is InChI=1S/C30H32ClN7O3/c1-2-36-20-32-16-25(36)17-37-28-15-23(30(39)40)5-8-27(28)33-29(37)18-35-12-9-22(10-13-35)26-11-14-38(34-26)41-19-21-3-6-24(31)7-4-21/h3-8,11,14-16,20,22H,2,9-10,12-13,17-19H2,1H3,(H,39,40). The minimum Gasteiger partial charge on any atom is -0.478 e. The molecule has 0 atom stereocenters. The Hall–Kier alpha value is -4.15. The van der Waals surface area contributed by atoms with Crippen molar-refractivity contribution < 1.29 is 14.7 Å². The summed E-state index contributed by atoms with van der Waals surface area (Å²) in [5.74, 6) is 0.340. The quantitative estimate of drug-likeness (QED) is 0.254. The molecule has 1 aliphatic heterocycles. The Kier molecular flexibility index (Phi) is 7.76. The number of imidazole rings is 2. The van der Waals surface area contributed by atoms with Crippen LogP contribution in [-0.2, 0) is 26.2 Å². The molecule has 0 radical (unpaired) electrons. The number of benzene rings is 2. The minimum absolute atomic E-state index is 0.256. The summed E-state index contributed by atoms with van der Waals surface area (Å²) in [5.41, 5.74) is 5.01. The van der Waals surface area contributed by atoms with E-state index in [9.17, 15) is 9.90 Å². The average Bonchev–Trinajstić information content (AvgIpc) is 3.72. The molecule has 11 heteroatoms. The zero-order valence-corrected chi connectivity index (χ0v) is 23.6. The summed E-state index contributed by atoms with van der Waals surface area (Å²) in [4.78, 5) is 30.7. The molecular weight excluding hydrogens is 542 g/mol. The number of rotatable bonds is 10. The molecule has 1 N–H and O–H groups in total. The van der Waals surface area contributed by atoms with Gasteiger partial charge in [0.2, 0.25) is 0 Å². The van der Waals surface area contributed by atoms with Gasteiger partial charge in [0.05, 0.1) is 53.6 Å². The van der Waals surface area contributed by atoms with Gasteiger partial charge in [-0.05, 0) is 74.8 Å². The third-order valence-electron chi connectivity index (χ3n) is 7.77. The van der Waals surface area contributed by atoms with Crippen LogP contribution in [0.5, 0.6) is 0 Å². The third kappa shape index (κ3) is 5.98. The highest BCUT2D eigenvalue weighted by Crippen LogP contribution is 2.28. The van der Waals surface area contributed by atoms with E-state index < -0.39 is 5.97 Å².